The Kier molecular flexibility index (Phi) is 8.02. The summed E-state index contributed by atoms with van der Waals surface area (Å²) in [6.45, 7) is 5.60. The van der Waals surface area contributed by atoms with Crippen molar-refractivity contribution in [3.05, 3.63) is 71.2 Å². The Bertz CT molecular complexity index is 1570. The predicted octanol–water partition coefficient (Wildman–Crippen LogP) is 2.98. The van der Waals surface area contributed by atoms with E-state index in [1.807, 2.05) is 6.92 Å². The van der Waals surface area contributed by atoms with Gasteiger partial charge < -0.3 is 20.7 Å². The van der Waals surface area contributed by atoms with Gasteiger partial charge in [0.05, 0.1) is 22.2 Å². The molecular weight excluding hydrogens is 522 g/mol. The van der Waals surface area contributed by atoms with Gasteiger partial charge in [0, 0.05) is 24.3 Å². The molecule has 0 spiro atoms. The van der Waals surface area contributed by atoms with E-state index in [1.54, 1.807) is 50.5 Å². The van der Waals surface area contributed by atoms with Gasteiger partial charge >= 0.3 is 5.97 Å². The van der Waals surface area contributed by atoms with Crippen LogP contribution in [0.1, 0.15) is 46.3 Å². The number of hydrogen-bond acceptors (Lipinski definition) is 7. The van der Waals surface area contributed by atoms with Gasteiger partial charge in [-0.15, -0.1) is 0 Å². The van der Waals surface area contributed by atoms with Crippen LogP contribution in [-0.2, 0) is 14.8 Å². The number of sulfonamides is 1. The molecule has 39 heavy (non-hydrogen) atoms. The molecule has 0 bridgehead atoms. The van der Waals surface area contributed by atoms with Crippen LogP contribution in [0.5, 0.6) is 0 Å². The van der Waals surface area contributed by atoms with E-state index < -0.39 is 27.6 Å². The van der Waals surface area contributed by atoms with Crippen LogP contribution in [-0.4, -0.2) is 57.8 Å². The normalized spacial score (nSPS) is 13.2. The van der Waals surface area contributed by atoms with Crippen molar-refractivity contribution in [2.75, 3.05) is 11.9 Å². The zero-order chi connectivity index (χ0) is 28.2. The van der Waals surface area contributed by atoms with Gasteiger partial charge in [0.1, 0.15) is 0 Å². The zero-order valence-electron chi connectivity index (χ0n) is 21.8. The number of benzene rings is 2. The first-order chi connectivity index (χ1) is 18.5. The van der Waals surface area contributed by atoms with Crippen molar-refractivity contribution in [3.8, 4) is 0 Å². The number of aromatic nitrogens is 4. The third kappa shape index (κ3) is 6.10. The number of aryl methyl sites for hydroxylation is 3. The van der Waals surface area contributed by atoms with E-state index in [0.717, 1.165) is 5.56 Å². The minimum Gasteiger partial charge on any atom is -0.478 e. The Morgan fingerprint density at radius 3 is 2.51 bits per heavy atom. The van der Waals surface area contributed by atoms with Crippen LogP contribution in [0.25, 0.3) is 10.9 Å². The monoisotopic (exact) mass is 553 g/mol. The molecule has 2 aromatic carbocycles. The number of fused-ring (bicyclic) bond motifs is 1. The molecule has 0 saturated heterocycles. The molecule has 2 aromatic heterocycles. The average molecular weight is 554 g/mol. The number of nitrogens with one attached hydrogen (secondary N) is 5. The van der Waals surface area contributed by atoms with Gasteiger partial charge in [-0.25, -0.2) is 18.2 Å². The zero-order valence-corrected chi connectivity index (χ0v) is 22.6. The molecular formula is C26H31N7O5S. The molecule has 0 aliphatic heterocycles. The highest BCUT2D eigenvalue weighted by molar-refractivity contribution is 7.89. The maximum atomic E-state index is 13.7. The van der Waals surface area contributed by atoms with Crippen LogP contribution in [0.3, 0.4) is 0 Å². The van der Waals surface area contributed by atoms with E-state index in [2.05, 4.69) is 35.5 Å². The standard InChI is InChI=1S/C26H31N7O5S/c1-16-13-17(2)22(18(3)14-16)39(37,38)33-26(24(35)36,9-4-5-10-27-25-28-11-12-29-25)31-23(34)19-7-6-8-21-20(19)15-30-32-21/h6-8,11-15,33H,4-5,9-10H2,1-3H3,(H,30,32)(H,31,34)(H,35,36)(H2,27,28,29). The maximum Gasteiger partial charge on any atom is 0.345 e. The van der Waals surface area contributed by atoms with Crippen molar-refractivity contribution in [3.63, 3.8) is 0 Å². The van der Waals surface area contributed by atoms with E-state index in [0.29, 0.717) is 40.9 Å². The molecule has 4 aromatic rings. The van der Waals surface area contributed by atoms with Gasteiger partial charge in [-0.3, -0.25) is 9.89 Å². The van der Waals surface area contributed by atoms with Crippen LogP contribution in [0.2, 0.25) is 0 Å². The number of unbranched alkanes of at least 4 members (excludes halogenated alkanes) is 1. The maximum absolute atomic E-state index is 13.7. The predicted molar refractivity (Wildman–Crippen MR) is 146 cm³/mol. The Labute approximate surface area is 225 Å². The van der Waals surface area contributed by atoms with Crippen molar-refractivity contribution >= 4 is 38.8 Å². The lowest BCUT2D eigenvalue weighted by Gasteiger charge is -2.32. The summed E-state index contributed by atoms with van der Waals surface area (Å²) in [4.78, 5) is 33.2. The van der Waals surface area contributed by atoms with Gasteiger partial charge in [-0.05, 0) is 63.3 Å². The molecule has 0 aliphatic carbocycles. The number of imidazole rings is 1. The van der Waals surface area contributed by atoms with E-state index in [-0.39, 0.29) is 23.3 Å². The number of nitrogens with zero attached hydrogens (tertiary/aromatic N) is 2. The van der Waals surface area contributed by atoms with Crippen LogP contribution < -0.4 is 15.4 Å². The largest absolute Gasteiger partial charge is 0.478 e. The van der Waals surface area contributed by atoms with Crippen molar-refractivity contribution in [1.82, 2.24) is 30.2 Å². The number of aliphatic carboxylic acids is 1. The summed E-state index contributed by atoms with van der Waals surface area (Å²) < 4.78 is 29.7. The van der Waals surface area contributed by atoms with Crippen molar-refractivity contribution in [1.29, 1.82) is 0 Å². The number of hydrogen-bond donors (Lipinski definition) is 6. The number of carboxylic acids is 1. The second kappa shape index (κ2) is 11.3. The Morgan fingerprint density at radius 1 is 1.10 bits per heavy atom. The van der Waals surface area contributed by atoms with Gasteiger partial charge in [0.25, 0.3) is 5.91 Å². The number of carbonyl (C=O) groups excluding carboxylic acids is 1. The topological polar surface area (TPSA) is 182 Å². The first-order valence-electron chi connectivity index (χ1n) is 12.4. The number of rotatable bonds is 12. The highest BCUT2D eigenvalue weighted by Gasteiger charge is 2.44. The van der Waals surface area contributed by atoms with Gasteiger partial charge in [-0.2, -0.15) is 9.82 Å². The molecule has 206 valence electrons. The summed E-state index contributed by atoms with van der Waals surface area (Å²) in [6, 6.07) is 8.30. The highest BCUT2D eigenvalue weighted by atomic mass is 32.2. The second-order valence-electron chi connectivity index (χ2n) is 9.46. The highest BCUT2D eigenvalue weighted by Crippen LogP contribution is 2.25. The van der Waals surface area contributed by atoms with Gasteiger partial charge in [-0.1, -0.05) is 23.8 Å². The number of carboxylic acid groups (broad SMARTS) is 1. The van der Waals surface area contributed by atoms with E-state index in [1.165, 1.54) is 12.3 Å². The lowest BCUT2D eigenvalue weighted by molar-refractivity contribution is -0.145. The second-order valence-corrected chi connectivity index (χ2v) is 11.1. The molecule has 0 radical (unpaired) electrons. The lowest BCUT2D eigenvalue weighted by Crippen LogP contribution is -2.65. The first-order valence-corrected chi connectivity index (χ1v) is 13.8. The number of carbonyl (C=O) groups is 2. The molecule has 2 heterocycles. The van der Waals surface area contributed by atoms with Crippen LogP contribution in [0.4, 0.5) is 5.95 Å². The fourth-order valence-electron chi connectivity index (χ4n) is 4.73. The molecule has 6 N–H and O–H groups in total. The van der Waals surface area contributed by atoms with Crippen LogP contribution in [0.15, 0.2) is 53.8 Å². The van der Waals surface area contributed by atoms with Gasteiger partial charge in [0.2, 0.25) is 15.7 Å². The molecule has 0 aliphatic rings. The summed E-state index contributed by atoms with van der Waals surface area (Å²) in [6.07, 6.45) is 5.25. The Balaban J connectivity index is 1.65. The fraction of sp³-hybridized carbons (Fsp3) is 0.308. The summed E-state index contributed by atoms with van der Waals surface area (Å²) in [5, 5.41) is 23.2. The number of aromatic amines is 2. The SMILES string of the molecule is Cc1cc(C)c(S(=O)(=O)NC(CCCCNc2ncc[nH]2)(NC(=O)c2cccc3[nH]ncc23)C(=O)O)c(C)c1. The third-order valence-electron chi connectivity index (χ3n) is 6.37. The molecule has 1 atom stereocenters. The van der Waals surface area contributed by atoms with Crippen molar-refractivity contribution < 1.29 is 23.1 Å². The molecule has 1 amide bonds. The average Bonchev–Trinajstić information content (AvgIpc) is 3.54. The van der Waals surface area contributed by atoms with E-state index >= 15 is 0 Å². The molecule has 13 heteroatoms. The summed E-state index contributed by atoms with van der Waals surface area (Å²) in [5.74, 6) is -1.72. The summed E-state index contributed by atoms with van der Waals surface area (Å²) in [7, 11) is -4.37. The lowest BCUT2D eigenvalue weighted by atomic mass is 10.0. The minimum atomic E-state index is -4.37. The van der Waals surface area contributed by atoms with Crippen molar-refractivity contribution in [2.24, 2.45) is 0 Å². The Hall–Kier alpha value is -4.23. The summed E-state index contributed by atoms with van der Waals surface area (Å²) >= 11 is 0. The molecule has 4 rings (SSSR count). The molecule has 1 unspecified atom stereocenters. The molecule has 12 nitrogen and oxygen atoms in total. The first kappa shape index (κ1) is 27.8. The minimum absolute atomic E-state index is 0.0237. The van der Waals surface area contributed by atoms with Crippen LogP contribution >= 0.6 is 0 Å². The number of anilines is 1. The van der Waals surface area contributed by atoms with Gasteiger partial charge in [0.15, 0.2) is 5.95 Å². The third-order valence-corrected chi connectivity index (χ3v) is 8.17. The number of H-pyrrole nitrogens is 2. The molecule has 0 saturated carbocycles. The molecule has 0 fully saturated rings. The smallest absolute Gasteiger partial charge is 0.345 e. The van der Waals surface area contributed by atoms with E-state index in [9.17, 15) is 23.1 Å². The van der Waals surface area contributed by atoms with Crippen molar-refractivity contribution in [2.45, 2.75) is 50.6 Å². The number of amides is 1. The van der Waals surface area contributed by atoms with E-state index in [4.69, 9.17) is 0 Å². The fourth-order valence-corrected chi connectivity index (χ4v) is 6.49. The Morgan fingerprint density at radius 2 is 1.85 bits per heavy atom. The van der Waals surface area contributed by atoms with Crippen LogP contribution in [0, 0.1) is 20.8 Å². The summed E-state index contributed by atoms with van der Waals surface area (Å²) in [5.41, 5.74) is 0.232. The quantitative estimate of drug-likeness (QED) is 0.114.